The minimum atomic E-state index is -0.493. The number of hydrogen-bond acceptors (Lipinski definition) is 3. The maximum Gasteiger partial charge on any atom is 0.254 e. The number of nitrogens with zero attached hydrogens (tertiary/aromatic N) is 1. The van der Waals surface area contributed by atoms with E-state index in [1.807, 2.05) is 19.1 Å². The first-order valence-electron chi connectivity index (χ1n) is 5.92. The minimum Gasteiger partial charge on any atom is -0.390 e. The number of halogens is 1. The number of carbonyl (C=O) groups is 1. The van der Waals surface area contributed by atoms with Crippen LogP contribution in [0.5, 0.6) is 0 Å². The second kappa shape index (κ2) is 5.38. The predicted molar refractivity (Wildman–Crippen MR) is 73.6 cm³/mol. The molecule has 0 aliphatic carbocycles. The first kappa shape index (κ1) is 13.5. The molecule has 1 aromatic carbocycles. The molecule has 2 rings (SSSR count). The van der Waals surface area contributed by atoms with Crippen LogP contribution in [0.2, 0.25) is 0 Å². The molecule has 1 heterocycles. The lowest BCUT2D eigenvalue weighted by atomic mass is 10.1. The lowest BCUT2D eigenvalue weighted by molar-refractivity contribution is 0.0581. The smallest absolute Gasteiger partial charge is 0.254 e. The predicted octanol–water partition coefficient (Wildman–Crippen LogP) is 1.16. The fourth-order valence-electron chi connectivity index (χ4n) is 2.26. The van der Waals surface area contributed by atoms with Gasteiger partial charge in [-0.1, -0.05) is 15.9 Å². The number of nitrogens with one attached hydrogen (secondary N) is 1. The Balaban J connectivity index is 2.19. The van der Waals surface area contributed by atoms with Gasteiger partial charge in [0.05, 0.1) is 12.1 Å². The highest BCUT2D eigenvalue weighted by atomic mass is 79.9. The minimum absolute atomic E-state index is 0.0628. The van der Waals surface area contributed by atoms with Crippen molar-refractivity contribution in [3.63, 3.8) is 0 Å². The van der Waals surface area contributed by atoms with Crippen LogP contribution in [0, 0.1) is 6.92 Å². The van der Waals surface area contributed by atoms with Gasteiger partial charge in [-0.05, 0) is 30.7 Å². The summed E-state index contributed by atoms with van der Waals surface area (Å²) in [5, 5.41) is 12.9. The van der Waals surface area contributed by atoms with Gasteiger partial charge in [-0.2, -0.15) is 0 Å². The van der Waals surface area contributed by atoms with E-state index in [0.717, 1.165) is 10.0 Å². The van der Waals surface area contributed by atoms with E-state index in [1.165, 1.54) is 0 Å². The van der Waals surface area contributed by atoms with Gasteiger partial charge < -0.3 is 15.3 Å². The average molecular weight is 313 g/mol. The number of hydrogen-bond donors (Lipinski definition) is 2. The third-order valence-electron chi connectivity index (χ3n) is 3.26. The summed E-state index contributed by atoms with van der Waals surface area (Å²) in [5.41, 5.74) is 1.68. The summed E-state index contributed by atoms with van der Waals surface area (Å²) in [6.45, 7) is 3.13. The van der Waals surface area contributed by atoms with Gasteiger partial charge in [0.25, 0.3) is 5.91 Å². The first-order valence-corrected chi connectivity index (χ1v) is 6.71. The molecule has 4 nitrogen and oxygen atoms in total. The van der Waals surface area contributed by atoms with Crippen molar-refractivity contribution >= 4 is 21.8 Å². The third kappa shape index (κ3) is 2.74. The third-order valence-corrected chi connectivity index (χ3v) is 3.72. The highest BCUT2D eigenvalue weighted by molar-refractivity contribution is 9.10. The Kier molecular flexibility index (Phi) is 4.04. The average Bonchev–Trinajstić information content (AvgIpc) is 2.72. The standard InChI is InChI=1S/C13H17BrN2O2/c1-8-3-9(5-10(14)4-8)13(18)16(2)11-6-15-7-12(11)17/h3-5,11-12,15,17H,6-7H2,1-2H3/t11-,12-/m1/s1. The molecule has 2 N–H and O–H groups in total. The van der Waals surface area contributed by atoms with Crippen molar-refractivity contribution in [1.29, 1.82) is 0 Å². The van der Waals surface area contributed by atoms with Crippen LogP contribution >= 0.6 is 15.9 Å². The second-order valence-corrected chi connectivity index (χ2v) is 5.64. The Hall–Kier alpha value is -0.910. The monoisotopic (exact) mass is 312 g/mol. The summed E-state index contributed by atoms with van der Waals surface area (Å²) in [6, 6.07) is 5.47. The Morgan fingerprint density at radius 2 is 2.17 bits per heavy atom. The van der Waals surface area contributed by atoms with Gasteiger partial charge in [0.2, 0.25) is 0 Å². The van der Waals surface area contributed by atoms with Crippen molar-refractivity contribution in [3.8, 4) is 0 Å². The van der Waals surface area contributed by atoms with E-state index in [-0.39, 0.29) is 11.9 Å². The van der Waals surface area contributed by atoms with E-state index >= 15 is 0 Å². The molecule has 0 bridgehead atoms. The number of likely N-dealkylation sites (N-methyl/N-ethyl adjacent to an activating group) is 1. The Morgan fingerprint density at radius 1 is 1.44 bits per heavy atom. The lowest BCUT2D eigenvalue weighted by Crippen LogP contribution is -2.44. The van der Waals surface area contributed by atoms with E-state index < -0.39 is 6.10 Å². The SMILES string of the molecule is Cc1cc(Br)cc(C(=O)N(C)[C@@H]2CNC[C@H]2O)c1. The fraction of sp³-hybridized carbons (Fsp3) is 0.462. The van der Waals surface area contributed by atoms with Crippen LogP contribution in [0.1, 0.15) is 15.9 Å². The van der Waals surface area contributed by atoms with Crippen LogP contribution in [0.25, 0.3) is 0 Å². The van der Waals surface area contributed by atoms with Gasteiger partial charge >= 0.3 is 0 Å². The van der Waals surface area contributed by atoms with Crippen LogP contribution in [-0.4, -0.2) is 48.2 Å². The Morgan fingerprint density at radius 3 is 2.72 bits per heavy atom. The van der Waals surface area contributed by atoms with E-state index in [0.29, 0.717) is 18.7 Å². The lowest BCUT2D eigenvalue weighted by Gasteiger charge is -2.26. The number of aliphatic hydroxyl groups is 1. The largest absolute Gasteiger partial charge is 0.390 e. The number of amides is 1. The summed E-state index contributed by atoms with van der Waals surface area (Å²) in [6.07, 6.45) is -0.493. The van der Waals surface area contributed by atoms with Crippen LogP contribution in [0.3, 0.4) is 0 Å². The molecule has 1 amide bonds. The number of carbonyl (C=O) groups excluding carboxylic acids is 1. The molecule has 2 atom stereocenters. The zero-order valence-electron chi connectivity index (χ0n) is 10.5. The zero-order chi connectivity index (χ0) is 13.3. The molecule has 98 valence electrons. The fourth-order valence-corrected chi connectivity index (χ4v) is 2.87. The van der Waals surface area contributed by atoms with Crippen LogP contribution in [-0.2, 0) is 0 Å². The van der Waals surface area contributed by atoms with Gasteiger partial charge in [0, 0.05) is 30.2 Å². The van der Waals surface area contributed by atoms with Gasteiger partial charge in [-0.3, -0.25) is 4.79 Å². The maximum atomic E-state index is 12.3. The van der Waals surface area contributed by atoms with Crippen molar-refractivity contribution in [2.45, 2.75) is 19.1 Å². The van der Waals surface area contributed by atoms with Crippen LogP contribution in [0.4, 0.5) is 0 Å². The number of aryl methyl sites for hydroxylation is 1. The zero-order valence-corrected chi connectivity index (χ0v) is 12.1. The van der Waals surface area contributed by atoms with Crippen LogP contribution < -0.4 is 5.32 Å². The van der Waals surface area contributed by atoms with Gasteiger partial charge in [0.15, 0.2) is 0 Å². The molecule has 1 aliphatic heterocycles. The molecule has 0 aromatic heterocycles. The van der Waals surface area contributed by atoms with Gasteiger partial charge in [-0.25, -0.2) is 0 Å². The van der Waals surface area contributed by atoms with Crippen molar-refractivity contribution in [3.05, 3.63) is 33.8 Å². The number of rotatable bonds is 2. The summed E-state index contributed by atoms with van der Waals surface area (Å²) < 4.78 is 0.893. The molecule has 0 unspecified atom stereocenters. The molecule has 18 heavy (non-hydrogen) atoms. The molecule has 1 fully saturated rings. The van der Waals surface area contributed by atoms with Gasteiger partial charge in [-0.15, -0.1) is 0 Å². The van der Waals surface area contributed by atoms with E-state index in [4.69, 9.17) is 0 Å². The van der Waals surface area contributed by atoms with E-state index in [1.54, 1.807) is 18.0 Å². The molecule has 0 radical (unpaired) electrons. The molecular formula is C13H17BrN2O2. The second-order valence-electron chi connectivity index (χ2n) is 4.73. The summed E-state index contributed by atoms with van der Waals surface area (Å²) in [4.78, 5) is 14.0. The summed E-state index contributed by atoms with van der Waals surface area (Å²) >= 11 is 3.39. The number of benzene rings is 1. The molecule has 0 spiro atoms. The molecular weight excluding hydrogens is 296 g/mol. The van der Waals surface area contributed by atoms with Crippen molar-refractivity contribution in [1.82, 2.24) is 10.2 Å². The summed E-state index contributed by atoms with van der Waals surface area (Å²) in [7, 11) is 1.74. The highest BCUT2D eigenvalue weighted by Crippen LogP contribution is 2.18. The maximum absolute atomic E-state index is 12.3. The highest BCUT2D eigenvalue weighted by Gasteiger charge is 2.31. The first-order chi connectivity index (χ1) is 8.49. The normalized spacial score (nSPS) is 23.1. The quantitative estimate of drug-likeness (QED) is 0.861. The Bertz CT molecular complexity index is 444. The van der Waals surface area contributed by atoms with Crippen molar-refractivity contribution in [2.24, 2.45) is 0 Å². The molecule has 1 saturated heterocycles. The molecule has 1 aliphatic rings. The van der Waals surface area contributed by atoms with Crippen molar-refractivity contribution < 1.29 is 9.90 Å². The Labute approximate surface area is 115 Å². The number of β-amino-alcohol motifs (C(OH)–C–C–N with tert-alkyl or cyclic N) is 1. The van der Waals surface area contributed by atoms with Crippen molar-refractivity contribution in [2.75, 3.05) is 20.1 Å². The molecule has 1 aromatic rings. The number of aliphatic hydroxyl groups excluding tert-OH is 1. The molecule has 0 saturated carbocycles. The summed E-state index contributed by atoms with van der Waals surface area (Å²) in [5.74, 6) is -0.0628. The van der Waals surface area contributed by atoms with Gasteiger partial charge in [0.1, 0.15) is 0 Å². The molecule has 5 heteroatoms. The van der Waals surface area contributed by atoms with Crippen LogP contribution in [0.15, 0.2) is 22.7 Å². The van der Waals surface area contributed by atoms with E-state index in [9.17, 15) is 9.90 Å². The topological polar surface area (TPSA) is 52.6 Å². The van der Waals surface area contributed by atoms with E-state index in [2.05, 4.69) is 21.2 Å².